The monoisotopic (exact) mass is 173 g/mol. The lowest BCUT2D eigenvalue weighted by Crippen LogP contribution is -2.44. The summed E-state index contributed by atoms with van der Waals surface area (Å²) >= 11 is 0. The maximum Gasteiger partial charge on any atom is 0.312 e. The van der Waals surface area contributed by atoms with Crippen molar-refractivity contribution in [3.63, 3.8) is 0 Å². The summed E-state index contributed by atoms with van der Waals surface area (Å²) in [6.45, 7) is 3.44. The number of aliphatic hydroxyl groups excluding tert-OH is 1. The van der Waals surface area contributed by atoms with Gasteiger partial charge in [-0.15, -0.1) is 0 Å². The standard InChI is InChI=1S/C8H15NO3/c1-2-12-8(11)6-5-9-4-3-7(6)10/h6-7,9-10H,2-5H2,1H3/t6-,7-/m0/s1. The van der Waals surface area contributed by atoms with Gasteiger partial charge in [-0.3, -0.25) is 4.79 Å². The average Bonchev–Trinajstić information content (AvgIpc) is 2.05. The fourth-order valence-electron chi connectivity index (χ4n) is 1.33. The molecule has 0 aliphatic carbocycles. The van der Waals surface area contributed by atoms with Gasteiger partial charge in [-0.05, 0) is 19.9 Å². The third-order valence-corrected chi connectivity index (χ3v) is 2.03. The van der Waals surface area contributed by atoms with Crippen LogP contribution in [0.4, 0.5) is 0 Å². The Hall–Kier alpha value is -0.610. The van der Waals surface area contributed by atoms with Crippen LogP contribution in [0.5, 0.6) is 0 Å². The van der Waals surface area contributed by atoms with E-state index in [9.17, 15) is 9.90 Å². The van der Waals surface area contributed by atoms with Gasteiger partial charge < -0.3 is 15.2 Å². The molecule has 0 aromatic carbocycles. The number of esters is 1. The summed E-state index contributed by atoms with van der Waals surface area (Å²) < 4.78 is 4.81. The molecule has 0 aromatic heterocycles. The predicted octanol–water partition coefficient (Wildman–Crippen LogP) is -0.480. The highest BCUT2D eigenvalue weighted by Crippen LogP contribution is 2.12. The van der Waals surface area contributed by atoms with Gasteiger partial charge >= 0.3 is 5.97 Å². The highest BCUT2D eigenvalue weighted by atomic mass is 16.5. The van der Waals surface area contributed by atoms with Crippen LogP contribution in [0.15, 0.2) is 0 Å². The zero-order valence-corrected chi connectivity index (χ0v) is 7.25. The Labute approximate surface area is 71.9 Å². The van der Waals surface area contributed by atoms with Crippen molar-refractivity contribution in [2.45, 2.75) is 19.4 Å². The third kappa shape index (κ3) is 2.19. The fourth-order valence-corrected chi connectivity index (χ4v) is 1.33. The van der Waals surface area contributed by atoms with Crippen LogP contribution in [0.3, 0.4) is 0 Å². The van der Waals surface area contributed by atoms with Crippen LogP contribution in [0.25, 0.3) is 0 Å². The van der Waals surface area contributed by atoms with E-state index in [4.69, 9.17) is 4.74 Å². The molecular weight excluding hydrogens is 158 g/mol. The Morgan fingerprint density at radius 3 is 3.08 bits per heavy atom. The first-order valence-electron chi connectivity index (χ1n) is 4.31. The zero-order valence-electron chi connectivity index (χ0n) is 7.25. The summed E-state index contributed by atoms with van der Waals surface area (Å²) in [6.07, 6.45) is 0.0917. The lowest BCUT2D eigenvalue weighted by Gasteiger charge is -2.26. The van der Waals surface area contributed by atoms with E-state index >= 15 is 0 Å². The number of aliphatic hydroxyl groups is 1. The number of carbonyl (C=O) groups is 1. The van der Waals surface area contributed by atoms with Crippen molar-refractivity contribution in [1.29, 1.82) is 0 Å². The van der Waals surface area contributed by atoms with Gasteiger partial charge in [-0.2, -0.15) is 0 Å². The lowest BCUT2D eigenvalue weighted by molar-refractivity contribution is -0.152. The van der Waals surface area contributed by atoms with E-state index in [2.05, 4.69) is 5.32 Å². The molecule has 0 radical (unpaired) electrons. The van der Waals surface area contributed by atoms with Crippen LogP contribution < -0.4 is 5.32 Å². The lowest BCUT2D eigenvalue weighted by atomic mass is 9.96. The van der Waals surface area contributed by atoms with Crippen LogP contribution in [0, 0.1) is 5.92 Å². The van der Waals surface area contributed by atoms with Crippen molar-refractivity contribution in [2.24, 2.45) is 5.92 Å². The number of carbonyl (C=O) groups excluding carboxylic acids is 1. The maximum atomic E-state index is 11.2. The Morgan fingerprint density at radius 1 is 1.75 bits per heavy atom. The first kappa shape index (κ1) is 9.48. The number of nitrogens with one attached hydrogen (secondary N) is 1. The molecule has 0 unspecified atom stereocenters. The quantitative estimate of drug-likeness (QED) is 0.554. The molecule has 70 valence electrons. The van der Waals surface area contributed by atoms with E-state index in [1.165, 1.54) is 0 Å². The SMILES string of the molecule is CCOC(=O)[C@H]1CNCC[C@@H]1O. The minimum Gasteiger partial charge on any atom is -0.466 e. The largest absolute Gasteiger partial charge is 0.466 e. The minimum atomic E-state index is -0.537. The summed E-state index contributed by atoms with van der Waals surface area (Å²) in [5.41, 5.74) is 0. The second kappa shape index (κ2) is 4.42. The second-order valence-corrected chi connectivity index (χ2v) is 2.92. The molecule has 0 spiro atoms. The summed E-state index contributed by atoms with van der Waals surface area (Å²) in [5, 5.41) is 12.5. The van der Waals surface area contributed by atoms with Gasteiger partial charge in [-0.25, -0.2) is 0 Å². The van der Waals surface area contributed by atoms with E-state index < -0.39 is 6.10 Å². The number of ether oxygens (including phenoxy) is 1. The van der Waals surface area contributed by atoms with Gasteiger partial charge in [0, 0.05) is 6.54 Å². The van der Waals surface area contributed by atoms with E-state index in [0.717, 1.165) is 6.54 Å². The minimum absolute atomic E-state index is 0.294. The first-order valence-corrected chi connectivity index (χ1v) is 4.31. The molecule has 1 aliphatic rings. The van der Waals surface area contributed by atoms with Crippen molar-refractivity contribution in [1.82, 2.24) is 5.32 Å². The normalized spacial score (nSPS) is 29.8. The van der Waals surface area contributed by atoms with Gasteiger partial charge in [0.15, 0.2) is 0 Å². The number of hydrogen-bond acceptors (Lipinski definition) is 4. The Balaban J connectivity index is 2.42. The van der Waals surface area contributed by atoms with Gasteiger partial charge in [0.05, 0.1) is 18.6 Å². The highest BCUT2D eigenvalue weighted by molar-refractivity contribution is 5.73. The van der Waals surface area contributed by atoms with E-state index in [1.54, 1.807) is 6.92 Å². The molecule has 1 heterocycles. The van der Waals surface area contributed by atoms with Crippen LogP contribution in [-0.4, -0.2) is 36.9 Å². The van der Waals surface area contributed by atoms with Crippen LogP contribution >= 0.6 is 0 Å². The molecule has 2 N–H and O–H groups in total. The van der Waals surface area contributed by atoms with Crippen LogP contribution in [0.2, 0.25) is 0 Å². The van der Waals surface area contributed by atoms with Crippen molar-refractivity contribution >= 4 is 5.97 Å². The van der Waals surface area contributed by atoms with Gasteiger partial charge in [-0.1, -0.05) is 0 Å². The topological polar surface area (TPSA) is 58.6 Å². The van der Waals surface area contributed by atoms with E-state index in [1.807, 2.05) is 0 Å². The third-order valence-electron chi connectivity index (χ3n) is 2.03. The smallest absolute Gasteiger partial charge is 0.312 e. The van der Waals surface area contributed by atoms with Gasteiger partial charge in [0.25, 0.3) is 0 Å². The fraction of sp³-hybridized carbons (Fsp3) is 0.875. The van der Waals surface area contributed by atoms with Crippen molar-refractivity contribution in [3.8, 4) is 0 Å². The summed E-state index contributed by atoms with van der Waals surface area (Å²) in [5.74, 6) is -0.670. The van der Waals surface area contributed by atoms with Crippen LogP contribution in [-0.2, 0) is 9.53 Å². The molecule has 1 fully saturated rings. The van der Waals surface area contributed by atoms with Crippen molar-refractivity contribution in [3.05, 3.63) is 0 Å². The van der Waals surface area contributed by atoms with Crippen LogP contribution in [0.1, 0.15) is 13.3 Å². The Bertz CT molecular complexity index is 160. The predicted molar refractivity (Wildman–Crippen MR) is 43.6 cm³/mol. The summed E-state index contributed by atoms with van der Waals surface area (Å²) in [4.78, 5) is 11.2. The maximum absolute atomic E-state index is 11.2. The summed E-state index contributed by atoms with van der Waals surface area (Å²) in [7, 11) is 0. The van der Waals surface area contributed by atoms with Gasteiger partial charge in [0.2, 0.25) is 0 Å². The zero-order chi connectivity index (χ0) is 8.97. The second-order valence-electron chi connectivity index (χ2n) is 2.92. The molecule has 0 bridgehead atoms. The molecule has 1 rings (SSSR count). The Kier molecular flexibility index (Phi) is 3.49. The molecule has 4 nitrogen and oxygen atoms in total. The van der Waals surface area contributed by atoms with Crippen molar-refractivity contribution < 1.29 is 14.6 Å². The Morgan fingerprint density at radius 2 is 2.50 bits per heavy atom. The molecule has 2 atom stereocenters. The van der Waals surface area contributed by atoms with Gasteiger partial charge in [0.1, 0.15) is 0 Å². The molecule has 0 saturated carbocycles. The number of rotatable bonds is 2. The number of hydrogen-bond donors (Lipinski definition) is 2. The molecule has 0 amide bonds. The number of piperidine rings is 1. The van der Waals surface area contributed by atoms with E-state index in [0.29, 0.717) is 19.6 Å². The molecular formula is C8H15NO3. The van der Waals surface area contributed by atoms with Crippen molar-refractivity contribution in [2.75, 3.05) is 19.7 Å². The molecule has 12 heavy (non-hydrogen) atoms. The molecule has 1 aliphatic heterocycles. The van der Waals surface area contributed by atoms with E-state index in [-0.39, 0.29) is 11.9 Å². The molecule has 4 heteroatoms. The highest BCUT2D eigenvalue weighted by Gasteiger charge is 2.30. The average molecular weight is 173 g/mol. The summed E-state index contributed by atoms with van der Waals surface area (Å²) in [6, 6.07) is 0. The molecule has 0 aromatic rings. The first-order chi connectivity index (χ1) is 5.75. The molecule has 1 saturated heterocycles.